The normalized spacial score (nSPS) is 13.6. The summed E-state index contributed by atoms with van der Waals surface area (Å²) in [5, 5.41) is 32.4. The third-order valence-corrected chi connectivity index (χ3v) is 4.33. The number of carbonyl (C=O) groups is 4. The van der Waals surface area contributed by atoms with Crippen LogP contribution < -0.4 is 16.4 Å². The molecule has 0 aliphatic rings. The van der Waals surface area contributed by atoms with Gasteiger partial charge < -0.3 is 36.7 Å². The second-order valence-corrected chi connectivity index (χ2v) is 6.82. The number of aromatic nitrogens is 2. The van der Waals surface area contributed by atoms with Gasteiger partial charge >= 0.3 is 11.9 Å². The van der Waals surface area contributed by atoms with Crippen molar-refractivity contribution < 1.29 is 34.5 Å². The van der Waals surface area contributed by atoms with Crippen molar-refractivity contribution in [3.05, 3.63) is 48.0 Å². The van der Waals surface area contributed by atoms with E-state index in [1.807, 2.05) is 0 Å². The number of carbonyl (C=O) groups excluding carboxylic acids is 2. The molecular formula is C19H23N5O7. The monoisotopic (exact) mass is 433 g/mol. The Balaban J connectivity index is 2.13. The predicted octanol–water partition coefficient (Wildman–Crippen LogP) is -1.24. The van der Waals surface area contributed by atoms with E-state index in [2.05, 4.69) is 20.6 Å². The molecule has 12 nitrogen and oxygen atoms in total. The molecule has 0 saturated carbocycles. The molecule has 1 aromatic carbocycles. The Hall–Kier alpha value is -3.93. The molecule has 2 amide bonds. The van der Waals surface area contributed by atoms with Crippen molar-refractivity contribution in [2.45, 2.75) is 37.4 Å². The number of aliphatic carboxylic acids is 2. The van der Waals surface area contributed by atoms with Crippen LogP contribution in [0.25, 0.3) is 0 Å². The van der Waals surface area contributed by atoms with Crippen LogP contribution in [0.4, 0.5) is 0 Å². The Labute approximate surface area is 176 Å². The van der Waals surface area contributed by atoms with Gasteiger partial charge in [0.05, 0.1) is 18.8 Å². The summed E-state index contributed by atoms with van der Waals surface area (Å²) in [6.45, 7) is 0. The number of aromatic hydroxyl groups is 1. The van der Waals surface area contributed by atoms with Gasteiger partial charge in [-0.3, -0.25) is 14.4 Å². The third-order valence-electron chi connectivity index (χ3n) is 4.33. The second-order valence-electron chi connectivity index (χ2n) is 6.82. The van der Waals surface area contributed by atoms with E-state index in [-0.39, 0.29) is 18.6 Å². The minimum absolute atomic E-state index is 0.0136. The molecule has 31 heavy (non-hydrogen) atoms. The lowest BCUT2D eigenvalue weighted by molar-refractivity contribution is -0.142. The van der Waals surface area contributed by atoms with Gasteiger partial charge in [0, 0.05) is 24.7 Å². The fourth-order valence-electron chi connectivity index (χ4n) is 2.73. The van der Waals surface area contributed by atoms with Crippen molar-refractivity contribution in [3.8, 4) is 5.75 Å². The van der Waals surface area contributed by atoms with Gasteiger partial charge in [-0.1, -0.05) is 12.1 Å². The molecule has 0 radical (unpaired) electrons. The number of hydrogen-bond acceptors (Lipinski definition) is 7. The summed E-state index contributed by atoms with van der Waals surface area (Å²) in [6.07, 6.45) is 2.04. The summed E-state index contributed by atoms with van der Waals surface area (Å²) < 4.78 is 0. The summed E-state index contributed by atoms with van der Waals surface area (Å²) in [5.41, 5.74) is 6.59. The molecule has 0 aliphatic heterocycles. The molecular weight excluding hydrogens is 410 g/mol. The Morgan fingerprint density at radius 3 is 2.19 bits per heavy atom. The number of carboxylic acids is 2. The summed E-state index contributed by atoms with van der Waals surface area (Å²) in [5.74, 6) is -4.23. The lowest BCUT2D eigenvalue weighted by atomic mass is 10.0. The number of rotatable bonds is 11. The molecule has 2 rings (SSSR count). The number of carboxylic acid groups (broad SMARTS) is 2. The molecule has 0 fully saturated rings. The molecule has 166 valence electrons. The van der Waals surface area contributed by atoms with E-state index in [1.54, 1.807) is 0 Å². The highest BCUT2D eigenvalue weighted by Gasteiger charge is 2.29. The van der Waals surface area contributed by atoms with Crippen LogP contribution in [0, 0.1) is 0 Å². The maximum atomic E-state index is 12.8. The van der Waals surface area contributed by atoms with Crippen LogP contribution in [-0.4, -0.2) is 67.2 Å². The topological polar surface area (TPSA) is 208 Å². The first-order valence-electron chi connectivity index (χ1n) is 9.21. The molecule has 12 heteroatoms. The molecule has 0 aliphatic carbocycles. The highest BCUT2D eigenvalue weighted by molar-refractivity contribution is 5.93. The minimum Gasteiger partial charge on any atom is -0.508 e. The van der Waals surface area contributed by atoms with E-state index in [1.165, 1.54) is 36.8 Å². The van der Waals surface area contributed by atoms with Gasteiger partial charge in [-0.25, -0.2) is 9.78 Å². The fourth-order valence-corrected chi connectivity index (χ4v) is 2.73. The summed E-state index contributed by atoms with van der Waals surface area (Å²) in [4.78, 5) is 54.0. The number of benzene rings is 1. The lowest BCUT2D eigenvalue weighted by Gasteiger charge is -2.22. The number of aromatic amines is 1. The molecule has 3 atom stereocenters. The number of phenolic OH excluding ortho intramolecular Hbond substituents is 1. The highest BCUT2D eigenvalue weighted by Crippen LogP contribution is 2.12. The number of H-pyrrole nitrogens is 1. The third kappa shape index (κ3) is 7.44. The first-order valence-corrected chi connectivity index (χ1v) is 9.21. The van der Waals surface area contributed by atoms with Gasteiger partial charge in [0.1, 0.15) is 17.8 Å². The smallest absolute Gasteiger partial charge is 0.326 e. The summed E-state index contributed by atoms with van der Waals surface area (Å²) in [6, 6.07) is 1.89. The van der Waals surface area contributed by atoms with Gasteiger partial charge in [-0.15, -0.1) is 0 Å². The fraction of sp³-hybridized carbons (Fsp3) is 0.316. The van der Waals surface area contributed by atoms with E-state index in [0.29, 0.717) is 11.3 Å². The standard InChI is InChI=1S/C19H23N5O7/c20-13(7-16(26)27)17(28)23-14(6-11-8-21-9-22-11)18(29)24-15(19(30)31)5-10-1-3-12(25)4-2-10/h1-4,8-9,13-15,25H,5-7,20H2,(H,21,22)(H,23,28)(H,24,29)(H,26,27)(H,30,31). The zero-order valence-electron chi connectivity index (χ0n) is 16.3. The summed E-state index contributed by atoms with van der Waals surface area (Å²) in [7, 11) is 0. The van der Waals surface area contributed by atoms with Gasteiger partial charge in [0.25, 0.3) is 0 Å². The van der Waals surface area contributed by atoms with Crippen molar-refractivity contribution in [1.29, 1.82) is 0 Å². The van der Waals surface area contributed by atoms with Crippen LogP contribution in [0.3, 0.4) is 0 Å². The predicted molar refractivity (Wildman–Crippen MR) is 106 cm³/mol. The van der Waals surface area contributed by atoms with Gasteiger partial charge in [0.2, 0.25) is 11.8 Å². The molecule has 2 aromatic rings. The quantitative estimate of drug-likeness (QED) is 0.226. The zero-order valence-corrected chi connectivity index (χ0v) is 16.3. The molecule has 0 spiro atoms. The van der Waals surface area contributed by atoms with Gasteiger partial charge in [-0.2, -0.15) is 0 Å². The molecule has 8 N–H and O–H groups in total. The van der Waals surface area contributed by atoms with E-state index in [4.69, 9.17) is 10.8 Å². The molecule has 1 heterocycles. The highest BCUT2D eigenvalue weighted by atomic mass is 16.4. The number of hydrogen-bond donors (Lipinski definition) is 7. The Morgan fingerprint density at radius 1 is 1.00 bits per heavy atom. The lowest BCUT2D eigenvalue weighted by Crippen LogP contribution is -2.55. The maximum Gasteiger partial charge on any atom is 0.326 e. The Bertz CT molecular complexity index is 914. The number of amides is 2. The van der Waals surface area contributed by atoms with Crippen molar-refractivity contribution >= 4 is 23.8 Å². The SMILES string of the molecule is NC(CC(=O)O)C(=O)NC(Cc1cnc[nH]1)C(=O)NC(Cc1ccc(O)cc1)C(=O)O. The Morgan fingerprint density at radius 2 is 1.65 bits per heavy atom. The Kier molecular flexibility index (Phi) is 8.09. The average molecular weight is 433 g/mol. The van der Waals surface area contributed by atoms with Crippen molar-refractivity contribution in [3.63, 3.8) is 0 Å². The van der Waals surface area contributed by atoms with Crippen LogP contribution >= 0.6 is 0 Å². The van der Waals surface area contributed by atoms with E-state index in [0.717, 1.165) is 0 Å². The van der Waals surface area contributed by atoms with Crippen LogP contribution in [-0.2, 0) is 32.0 Å². The van der Waals surface area contributed by atoms with Gasteiger partial charge in [-0.05, 0) is 17.7 Å². The minimum atomic E-state index is -1.39. The van der Waals surface area contributed by atoms with E-state index < -0.39 is 48.3 Å². The number of imidazole rings is 1. The number of phenols is 1. The zero-order chi connectivity index (χ0) is 23.0. The van der Waals surface area contributed by atoms with Crippen LogP contribution in [0.2, 0.25) is 0 Å². The van der Waals surface area contributed by atoms with Crippen LogP contribution in [0.5, 0.6) is 5.75 Å². The maximum absolute atomic E-state index is 12.8. The van der Waals surface area contributed by atoms with E-state index >= 15 is 0 Å². The van der Waals surface area contributed by atoms with E-state index in [9.17, 15) is 29.4 Å². The van der Waals surface area contributed by atoms with Crippen LogP contribution in [0.1, 0.15) is 17.7 Å². The first kappa shape index (κ1) is 23.3. The van der Waals surface area contributed by atoms with Crippen LogP contribution in [0.15, 0.2) is 36.8 Å². The molecule has 1 aromatic heterocycles. The second kappa shape index (κ2) is 10.7. The number of nitrogens with two attached hydrogens (primary N) is 1. The van der Waals surface area contributed by atoms with Crippen molar-refractivity contribution in [2.24, 2.45) is 5.73 Å². The largest absolute Gasteiger partial charge is 0.508 e. The first-order chi connectivity index (χ1) is 14.7. The van der Waals surface area contributed by atoms with Gasteiger partial charge in [0.15, 0.2) is 0 Å². The molecule has 3 unspecified atom stereocenters. The molecule has 0 bridgehead atoms. The molecule has 0 saturated heterocycles. The average Bonchev–Trinajstić information content (AvgIpc) is 3.21. The summed E-state index contributed by atoms with van der Waals surface area (Å²) >= 11 is 0. The number of nitrogens with one attached hydrogen (secondary N) is 3. The van der Waals surface area contributed by atoms with Crippen molar-refractivity contribution in [2.75, 3.05) is 0 Å². The van der Waals surface area contributed by atoms with Crippen molar-refractivity contribution in [1.82, 2.24) is 20.6 Å². The number of nitrogens with zero attached hydrogens (tertiary/aromatic N) is 1.